The smallest absolute Gasteiger partial charge is 0.318 e. The highest BCUT2D eigenvalue weighted by Gasteiger charge is 2.36. The second-order valence-electron chi connectivity index (χ2n) is 13.6. The first-order chi connectivity index (χ1) is 22.3. The number of nitrogens with one attached hydrogen (secondary N) is 1. The van der Waals surface area contributed by atoms with Gasteiger partial charge in [0.05, 0.1) is 54.8 Å². The van der Waals surface area contributed by atoms with Crippen LogP contribution in [0, 0.1) is 23.7 Å². The van der Waals surface area contributed by atoms with E-state index in [1.54, 1.807) is 4.90 Å². The minimum absolute atomic E-state index is 0.0761. The minimum atomic E-state index is -0.242. The second-order valence-corrected chi connectivity index (χ2v) is 13.6. The Kier molecular flexibility index (Phi) is 9.45. The summed E-state index contributed by atoms with van der Waals surface area (Å²) in [5.41, 5.74) is 5.59. The van der Waals surface area contributed by atoms with E-state index in [9.17, 15) is 10.1 Å². The van der Waals surface area contributed by atoms with E-state index in [1.165, 1.54) is 36.6 Å². The van der Waals surface area contributed by atoms with Gasteiger partial charge in [-0.3, -0.25) is 9.89 Å². The maximum absolute atomic E-state index is 12.7. The van der Waals surface area contributed by atoms with Gasteiger partial charge in [-0.15, -0.1) is 0 Å². The zero-order valence-electron chi connectivity index (χ0n) is 27.6. The van der Waals surface area contributed by atoms with Crippen molar-refractivity contribution in [2.75, 3.05) is 63.2 Å². The Morgan fingerprint density at radius 3 is 2.76 bits per heavy atom. The number of hydrogen-bond acceptors (Lipinski definition) is 9. The molecule has 3 aromatic rings. The predicted octanol–water partition coefficient (Wildman–Crippen LogP) is 4.62. The molecule has 11 heteroatoms. The number of piperazine rings is 1. The number of nitrogens with zero attached hydrogens (tertiary/aromatic N) is 8. The molecular weight excluding hydrogens is 578 g/mol. The maximum Gasteiger partial charge on any atom is 0.318 e. The Bertz CT molecular complexity index is 1600. The van der Waals surface area contributed by atoms with Crippen LogP contribution in [-0.2, 0) is 17.8 Å². The van der Waals surface area contributed by atoms with E-state index in [1.807, 2.05) is 6.20 Å². The van der Waals surface area contributed by atoms with Crippen molar-refractivity contribution in [1.29, 1.82) is 5.26 Å². The van der Waals surface area contributed by atoms with Crippen molar-refractivity contribution < 1.29 is 9.53 Å². The summed E-state index contributed by atoms with van der Waals surface area (Å²) < 4.78 is 6.62. The van der Waals surface area contributed by atoms with Crippen LogP contribution in [0.25, 0.3) is 10.9 Å². The van der Waals surface area contributed by atoms with E-state index >= 15 is 0 Å². The van der Waals surface area contributed by atoms with E-state index in [4.69, 9.17) is 14.7 Å². The third kappa shape index (κ3) is 6.54. The molecule has 0 spiro atoms. The molecule has 1 atom stereocenters. The summed E-state index contributed by atoms with van der Waals surface area (Å²) >= 11 is 0. The quantitative estimate of drug-likeness (QED) is 0.340. The topological polar surface area (TPSA) is 118 Å². The summed E-state index contributed by atoms with van der Waals surface area (Å²) in [5, 5.41) is 18.2. The Labute approximate surface area is 272 Å². The number of benzene rings is 1. The summed E-state index contributed by atoms with van der Waals surface area (Å²) in [5.74, 6) is 0.739. The van der Waals surface area contributed by atoms with E-state index in [0.717, 1.165) is 66.8 Å². The van der Waals surface area contributed by atoms with Crippen molar-refractivity contribution in [2.24, 2.45) is 5.41 Å². The fraction of sp³-hybridized carbons (Fsp3) is 0.571. The standard InChI is InChI=1S/C35H47N9O2/c1-5-31(45)44-19-18-43(21-26(44)13-16-36)33-27-10-9-17-42(32-25(2)11-12-29-28(32)20-37-40-29)22-30(27)38-34(39-33)46-24-35(23-41(3)4)14-7-6-8-15-35/h5,11-12,20,26H,1,6-10,13-15,17-19,21-24H2,2-4H3,(H,37,40)/t26-/m0/s1. The van der Waals surface area contributed by atoms with E-state index in [0.29, 0.717) is 38.8 Å². The van der Waals surface area contributed by atoms with Crippen LogP contribution in [0.1, 0.15) is 61.8 Å². The number of nitriles is 1. The van der Waals surface area contributed by atoms with Gasteiger partial charge in [0, 0.05) is 49.1 Å². The number of carbonyl (C=O) groups excluding carboxylic acids is 1. The average molecular weight is 626 g/mol. The molecule has 0 radical (unpaired) electrons. The summed E-state index contributed by atoms with van der Waals surface area (Å²) in [6, 6.07) is 6.70. The van der Waals surface area contributed by atoms with Crippen LogP contribution in [0.5, 0.6) is 6.01 Å². The van der Waals surface area contributed by atoms with E-state index < -0.39 is 0 Å². The number of fused-ring (bicyclic) bond motifs is 2. The van der Waals surface area contributed by atoms with Gasteiger partial charge in [-0.1, -0.05) is 31.9 Å². The highest BCUT2D eigenvalue weighted by atomic mass is 16.5. The molecule has 0 bridgehead atoms. The van der Waals surface area contributed by atoms with Gasteiger partial charge >= 0.3 is 6.01 Å². The number of ether oxygens (including phenoxy) is 1. The number of anilines is 2. The van der Waals surface area contributed by atoms with Gasteiger partial charge < -0.3 is 24.3 Å². The highest BCUT2D eigenvalue weighted by molar-refractivity contribution is 5.93. The molecule has 1 saturated heterocycles. The Balaban J connectivity index is 1.37. The van der Waals surface area contributed by atoms with E-state index in [-0.39, 0.29) is 23.8 Å². The monoisotopic (exact) mass is 625 g/mol. The summed E-state index contributed by atoms with van der Waals surface area (Å²) in [6.07, 6.45) is 11.3. The second kappa shape index (κ2) is 13.7. The van der Waals surface area contributed by atoms with Crippen molar-refractivity contribution in [1.82, 2.24) is 30.0 Å². The first-order valence-corrected chi connectivity index (χ1v) is 16.7. The number of hydrogen-bond donors (Lipinski definition) is 1. The van der Waals surface area contributed by atoms with Crippen molar-refractivity contribution in [2.45, 2.75) is 70.9 Å². The van der Waals surface area contributed by atoms with Gasteiger partial charge in [0.2, 0.25) is 5.91 Å². The molecule has 3 aliphatic rings. The highest BCUT2D eigenvalue weighted by Crippen LogP contribution is 2.39. The normalized spacial score (nSPS) is 19.9. The minimum Gasteiger partial charge on any atom is -0.463 e. The summed E-state index contributed by atoms with van der Waals surface area (Å²) in [4.78, 5) is 31.6. The predicted molar refractivity (Wildman–Crippen MR) is 180 cm³/mol. The molecule has 11 nitrogen and oxygen atoms in total. The lowest BCUT2D eigenvalue weighted by Crippen LogP contribution is -2.55. The first kappa shape index (κ1) is 31.8. The van der Waals surface area contributed by atoms with E-state index in [2.05, 4.69) is 70.7 Å². The van der Waals surface area contributed by atoms with Gasteiger partial charge in [-0.25, -0.2) is 0 Å². The number of aromatic nitrogens is 4. The molecular formula is C35H47N9O2. The zero-order chi connectivity index (χ0) is 32.3. The lowest BCUT2D eigenvalue weighted by Gasteiger charge is -2.41. The van der Waals surface area contributed by atoms with Gasteiger partial charge in [0.25, 0.3) is 0 Å². The summed E-state index contributed by atoms with van der Waals surface area (Å²) in [7, 11) is 4.28. The lowest BCUT2D eigenvalue weighted by molar-refractivity contribution is -0.128. The van der Waals surface area contributed by atoms with Crippen LogP contribution >= 0.6 is 0 Å². The van der Waals surface area contributed by atoms with Gasteiger partial charge in [-0.05, 0) is 64.4 Å². The lowest BCUT2D eigenvalue weighted by atomic mass is 9.74. The van der Waals surface area contributed by atoms with Crippen LogP contribution in [0.3, 0.4) is 0 Å². The molecule has 2 fully saturated rings. The Morgan fingerprint density at radius 1 is 1.17 bits per heavy atom. The van der Waals surface area contributed by atoms with Gasteiger partial charge in [0.15, 0.2) is 0 Å². The van der Waals surface area contributed by atoms with Crippen molar-refractivity contribution >= 4 is 28.3 Å². The molecule has 2 aromatic heterocycles. The molecule has 1 amide bonds. The SMILES string of the molecule is C=CC(=O)N1CCN(c2nc(OCC3(CN(C)C)CCCCC3)nc3c2CCCN(c2c(C)ccc4[nH]ncc24)C3)C[C@@H]1CC#N. The number of aromatic amines is 1. The molecule has 0 unspecified atom stereocenters. The van der Waals surface area contributed by atoms with Crippen LogP contribution < -0.4 is 14.5 Å². The van der Waals surface area contributed by atoms with Crippen molar-refractivity contribution in [3.8, 4) is 12.1 Å². The zero-order valence-corrected chi connectivity index (χ0v) is 27.6. The number of H-pyrrole nitrogens is 1. The fourth-order valence-corrected chi connectivity index (χ4v) is 7.91. The maximum atomic E-state index is 12.7. The van der Waals surface area contributed by atoms with Crippen LogP contribution in [0.15, 0.2) is 31.0 Å². The number of amides is 1. The molecule has 244 valence electrons. The van der Waals surface area contributed by atoms with Gasteiger partial charge in [0.1, 0.15) is 5.82 Å². The fourth-order valence-electron chi connectivity index (χ4n) is 7.91. The third-order valence-corrected chi connectivity index (χ3v) is 10.00. The molecule has 46 heavy (non-hydrogen) atoms. The summed E-state index contributed by atoms with van der Waals surface area (Å²) in [6.45, 7) is 10.6. The number of aryl methyl sites for hydroxylation is 1. The van der Waals surface area contributed by atoms with Crippen molar-refractivity contribution in [3.63, 3.8) is 0 Å². The Morgan fingerprint density at radius 2 is 2.00 bits per heavy atom. The largest absolute Gasteiger partial charge is 0.463 e. The molecule has 1 saturated carbocycles. The van der Waals surface area contributed by atoms with Crippen LogP contribution in [-0.4, -0.2) is 95.3 Å². The van der Waals surface area contributed by atoms with Crippen molar-refractivity contribution in [3.05, 3.63) is 47.8 Å². The first-order valence-electron chi connectivity index (χ1n) is 16.7. The molecule has 1 aromatic carbocycles. The van der Waals surface area contributed by atoms with Crippen LogP contribution in [0.4, 0.5) is 11.5 Å². The molecule has 2 aliphatic heterocycles. The molecule has 1 aliphatic carbocycles. The number of rotatable bonds is 9. The van der Waals surface area contributed by atoms with Gasteiger partial charge in [-0.2, -0.15) is 20.3 Å². The molecule has 1 N–H and O–H groups in total. The third-order valence-electron chi connectivity index (χ3n) is 10.00. The average Bonchev–Trinajstić information content (AvgIpc) is 3.42. The molecule has 4 heterocycles. The van der Waals surface area contributed by atoms with Crippen LogP contribution in [0.2, 0.25) is 0 Å². The Hall–Kier alpha value is -4.17. The molecule has 6 rings (SSSR count). The number of carbonyl (C=O) groups is 1.